The Hall–Kier alpha value is -1.89. The third-order valence-electron chi connectivity index (χ3n) is 3.51. The Bertz CT molecular complexity index is 491. The number of hydrogen-bond donors (Lipinski definition) is 2. The Balaban J connectivity index is 1.77. The van der Waals surface area contributed by atoms with E-state index in [4.69, 9.17) is 4.74 Å². The van der Waals surface area contributed by atoms with Gasteiger partial charge in [-0.3, -0.25) is 4.79 Å². The molecule has 1 unspecified atom stereocenters. The fourth-order valence-corrected chi connectivity index (χ4v) is 2.25. The van der Waals surface area contributed by atoms with Crippen LogP contribution in [-0.4, -0.2) is 54.8 Å². The van der Waals surface area contributed by atoms with Crippen LogP contribution in [0.25, 0.3) is 0 Å². The van der Waals surface area contributed by atoms with Gasteiger partial charge in [-0.2, -0.15) is 4.98 Å². The molecular formula is C13H19N5O2. The van der Waals surface area contributed by atoms with Crippen molar-refractivity contribution in [3.05, 3.63) is 12.3 Å². The van der Waals surface area contributed by atoms with Crippen LogP contribution in [0.3, 0.4) is 0 Å². The van der Waals surface area contributed by atoms with Gasteiger partial charge in [-0.05, 0) is 18.9 Å². The zero-order valence-electron chi connectivity index (χ0n) is 11.5. The van der Waals surface area contributed by atoms with Crippen molar-refractivity contribution in [2.45, 2.75) is 24.9 Å². The van der Waals surface area contributed by atoms with Crippen LogP contribution in [0.15, 0.2) is 12.3 Å². The van der Waals surface area contributed by atoms with Crippen molar-refractivity contribution in [3.8, 4) is 0 Å². The van der Waals surface area contributed by atoms with E-state index >= 15 is 0 Å². The first-order chi connectivity index (χ1) is 9.78. The highest BCUT2D eigenvalue weighted by Gasteiger charge is 2.33. The lowest BCUT2D eigenvalue weighted by Gasteiger charge is -2.35. The molecule has 1 saturated carbocycles. The first-order valence-electron chi connectivity index (χ1n) is 6.93. The van der Waals surface area contributed by atoms with Crippen molar-refractivity contribution in [2.24, 2.45) is 0 Å². The lowest BCUT2D eigenvalue weighted by Crippen LogP contribution is -2.54. The molecule has 20 heavy (non-hydrogen) atoms. The number of rotatable bonds is 4. The van der Waals surface area contributed by atoms with Crippen molar-refractivity contribution in [1.29, 1.82) is 0 Å². The van der Waals surface area contributed by atoms with Crippen LogP contribution in [0, 0.1) is 0 Å². The molecule has 1 aliphatic heterocycles. The van der Waals surface area contributed by atoms with Gasteiger partial charge in [0.1, 0.15) is 11.9 Å². The summed E-state index contributed by atoms with van der Waals surface area (Å²) in [7, 11) is 1.77. The molecule has 0 spiro atoms. The average Bonchev–Trinajstić information content (AvgIpc) is 3.31. The maximum atomic E-state index is 12.3. The fraction of sp³-hybridized carbons (Fsp3) is 0.615. The Morgan fingerprint density at radius 1 is 1.50 bits per heavy atom. The Morgan fingerprint density at radius 3 is 3.10 bits per heavy atom. The van der Waals surface area contributed by atoms with Crippen molar-refractivity contribution >= 4 is 17.7 Å². The second-order valence-corrected chi connectivity index (χ2v) is 5.06. The molecule has 1 saturated heterocycles. The molecule has 1 amide bonds. The van der Waals surface area contributed by atoms with Crippen molar-refractivity contribution < 1.29 is 9.53 Å². The van der Waals surface area contributed by atoms with Gasteiger partial charge < -0.3 is 20.3 Å². The van der Waals surface area contributed by atoms with E-state index in [0.29, 0.717) is 31.7 Å². The molecule has 2 N–H and O–H groups in total. The topological polar surface area (TPSA) is 79.4 Å². The average molecular weight is 277 g/mol. The van der Waals surface area contributed by atoms with Crippen LogP contribution < -0.4 is 15.5 Å². The second-order valence-electron chi connectivity index (χ2n) is 5.06. The van der Waals surface area contributed by atoms with Gasteiger partial charge in [0, 0.05) is 25.8 Å². The SMILES string of the molecule is CNc1nccc(N2CCOCC2C(=O)NC2CC2)n1. The van der Waals surface area contributed by atoms with Crippen molar-refractivity contribution in [3.63, 3.8) is 0 Å². The smallest absolute Gasteiger partial charge is 0.245 e. The number of carbonyl (C=O) groups excluding carboxylic acids is 1. The van der Waals surface area contributed by atoms with Crippen LogP contribution in [-0.2, 0) is 9.53 Å². The molecule has 7 heteroatoms. The van der Waals surface area contributed by atoms with E-state index < -0.39 is 0 Å². The molecule has 1 aromatic heterocycles. The molecule has 0 bridgehead atoms. The third-order valence-corrected chi connectivity index (χ3v) is 3.51. The molecule has 0 aromatic carbocycles. The quantitative estimate of drug-likeness (QED) is 0.806. The summed E-state index contributed by atoms with van der Waals surface area (Å²) in [6.45, 7) is 1.66. The van der Waals surface area contributed by atoms with Crippen LogP contribution in [0.1, 0.15) is 12.8 Å². The maximum absolute atomic E-state index is 12.3. The molecule has 1 aromatic rings. The number of aromatic nitrogens is 2. The predicted octanol–water partition coefficient (Wildman–Crippen LogP) is 0.00210. The van der Waals surface area contributed by atoms with Gasteiger partial charge in [0.15, 0.2) is 0 Å². The molecule has 108 valence electrons. The Kier molecular flexibility index (Phi) is 3.68. The van der Waals surface area contributed by atoms with Crippen LogP contribution in [0.5, 0.6) is 0 Å². The summed E-state index contributed by atoms with van der Waals surface area (Å²) in [6.07, 6.45) is 3.85. The molecule has 3 rings (SSSR count). The van der Waals surface area contributed by atoms with Crippen molar-refractivity contribution in [2.75, 3.05) is 37.0 Å². The van der Waals surface area contributed by atoms with Crippen molar-refractivity contribution in [1.82, 2.24) is 15.3 Å². The van der Waals surface area contributed by atoms with Gasteiger partial charge in [0.2, 0.25) is 11.9 Å². The number of anilines is 2. The van der Waals surface area contributed by atoms with Crippen LogP contribution in [0.2, 0.25) is 0 Å². The van der Waals surface area contributed by atoms with Gasteiger partial charge in [-0.25, -0.2) is 4.98 Å². The monoisotopic (exact) mass is 277 g/mol. The van der Waals surface area contributed by atoms with Gasteiger partial charge >= 0.3 is 0 Å². The minimum atomic E-state index is -0.316. The minimum absolute atomic E-state index is 0.0248. The lowest BCUT2D eigenvalue weighted by atomic mass is 10.2. The summed E-state index contributed by atoms with van der Waals surface area (Å²) in [5.41, 5.74) is 0. The van der Waals surface area contributed by atoms with Gasteiger partial charge in [-0.15, -0.1) is 0 Å². The Morgan fingerprint density at radius 2 is 2.35 bits per heavy atom. The van der Waals surface area contributed by atoms with E-state index in [0.717, 1.165) is 18.7 Å². The second kappa shape index (κ2) is 5.62. The van der Waals surface area contributed by atoms with E-state index in [1.165, 1.54) is 0 Å². The summed E-state index contributed by atoms with van der Waals surface area (Å²) in [5, 5.41) is 5.94. The summed E-state index contributed by atoms with van der Waals surface area (Å²) >= 11 is 0. The Labute approximate surface area is 117 Å². The zero-order valence-corrected chi connectivity index (χ0v) is 11.5. The van der Waals surface area contributed by atoms with Crippen LogP contribution in [0.4, 0.5) is 11.8 Å². The van der Waals surface area contributed by atoms with E-state index in [-0.39, 0.29) is 11.9 Å². The number of nitrogens with one attached hydrogen (secondary N) is 2. The fourth-order valence-electron chi connectivity index (χ4n) is 2.25. The van der Waals surface area contributed by atoms with E-state index in [9.17, 15) is 4.79 Å². The number of hydrogen-bond acceptors (Lipinski definition) is 6. The van der Waals surface area contributed by atoms with E-state index in [1.807, 2.05) is 11.0 Å². The first kappa shape index (κ1) is 13.1. The number of morpholine rings is 1. The number of nitrogens with zero attached hydrogens (tertiary/aromatic N) is 3. The predicted molar refractivity (Wildman–Crippen MR) is 74.7 cm³/mol. The summed E-state index contributed by atoms with van der Waals surface area (Å²) < 4.78 is 5.45. The van der Waals surface area contributed by atoms with E-state index in [1.54, 1.807) is 13.2 Å². The normalized spacial score (nSPS) is 22.4. The molecule has 2 fully saturated rings. The lowest BCUT2D eigenvalue weighted by molar-refractivity contribution is -0.124. The highest BCUT2D eigenvalue weighted by molar-refractivity contribution is 5.85. The number of carbonyl (C=O) groups is 1. The third kappa shape index (κ3) is 2.82. The number of ether oxygens (including phenoxy) is 1. The highest BCUT2D eigenvalue weighted by atomic mass is 16.5. The summed E-state index contributed by atoms with van der Waals surface area (Å²) in [6, 6.07) is 1.86. The van der Waals surface area contributed by atoms with Crippen LogP contribution >= 0.6 is 0 Å². The summed E-state index contributed by atoms with van der Waals surface area (Å²) in [4.78, 5) is 22.8. The maximum Gasteiger partial charge on any atom is 0.245 e. The van der Waals surface area contributed by atoms with Gasteiger partial charge in [0.25, 0.3) is 0 Å². The van der Waals surface area contributed by atoms with Gasteiger partial charge in [0.05, 0.1) is 13.2 Å². The summed E-state index contributed by atoms with van der Waals surface area (Å²) in [5.74, 6) is 1.33. The highest BCUT2D eigenvalue weighted by Crippen LogP contribution is 2.22. The minimum Gasteiger partial charge on any atom is -0.377 e. The number of amides is 1. The standard InChI is InChI=1S/C13H19N5O2/c1-14-13-15-5-4-11(17-13)18-6-7-20-8-10(18)12(19)16-9-2-3-9/h4-5,9-10H,2-3,6-8H2,1H3,(H,16,19)(H,14,15,17). The molecule has 7 nitrogen and oxygen atoms in total. The van der Waals surface area contributed by atoms with E-state index in [2.05, 4.69) is 20.6 Å². The zero-order chi connectivity index (χ0) is 13.9. The largest absolute Gasteiger partial charge is 0.377 e. The molecule has 2 aliphatic rings. The van der Waals surface area contributed by atoms with Gasteiger partial charge in [-0.1, -0.05) is 0 Å². The molecule has 1 atom stereocenters. The molecule has 0 radical (unpaired) electrons. The molecular weight excluding hydrogens is 258 g/mol. The molecule has 1 aliphatic carbocycles. The first-order valence-corrected chi connectivity index (χ1v) is 6.93. The molecule has 2 heterocycles.